The van der Waals surface area contributed by atoms with E-state index in [0.29, 0.717) is 40.0 Å². The third-order valence-electron chi connectivity index (χ3n) is 10.5. The minimum atomic E-state index is -0.391. The number of benzene rings is 7. The van der Waals surface area contributed by atoms with Crippen molar-refractivity contribution in [1.82, 2.24) is 19.5 Å². The normalized spacial score (nSPS) is 12.5. The molecule has 1 aliphatic heterocycles. The molecule has 9 aromatic rings. The van der Waals surface area contributed by atoms with Crippen LogP contribution in [0.1, 0.15) is 32.4 Å². The molecule has 0 saturated heterocycles. The zero-order valence-electron chi connectivity index (χ0n) is 30.6. The number of fused-ring (bicyclic) bond motifs is 4. The number of aromatic nitrogens is 4. The van der Waals surface area contributed by atoms with E-state index in [-0.39, 0.29) is 5.91 Å². The van der Waals surface area contributed by atoms with E-state index < -0.39 is 5.91 Å². The molecule has 0 atom stereocenters. The molecule has 56 heavy (non-hydrogen) atoms. The molecule has 10 rings (SSSR count). The summed E-state index contributed by atoms with van der Waals surface area (Å²) >= 11 is 0. The highest BCUT2D eigenvalue weighted by Gasteiger charge is 2.42. The van der Waals surface area contributed by atoms with Gasteiger partial charge in [-0.25, -0.2) is 19.9 Å². The Balaban J connectivity index is 1.25. The molecule has 2 aromatic heterocycles. The predicted molar refractivity (Wildman–Crippen MR) is 223 cm³/mol. The Bertz CT molecular complexity index is 2950. The van der Waals surface area contributed by atoms with Crippen LogP contribution in [0.2, 0.25) is 0 Å². The molecule has 0 fully saturated rings. The van der Waals surface area contributed by atoms with Crippen LogP contribution in [0, 0.1) is 13.8 Å². The van der Waals surface area contributed by atoms with Gasteiger partial charge in [-0.1, -0.05) is 127 Å². The number of carbonyl (C=O) groups excluding carboxylic acids is 2. The van der Waals surface area contributed by atoms with Gasteiger partial charge in [0.05, 0.1) is 33.5 Å². The molecule has 266 valence electrons. The van der Waals surface area contributed by atoms with Crippen molar-refractivity contribution in [3.63, 3.8) is 0 Å². The van der Waals surface area contributed by atoms with Crippen LogP contribution in [-0.4, -0.2) is 31.3 Å². The molecular formula is C49H33N5O2. The summed E-state index contributed by atoms with van der Waals surface area (Å²) in [6, 6.07) is 54.1. The van der Waals surface area contributed by atoms with E-state index in [1.165, 1.54) is 4.90 Å². The van der Waals surface area contributed by atoms with Crippen molar-refractivity contribution in [2.75, 3.05) is 4.90 Å². The molecule has 0 aliphatic carbocycles. The maximum absolute atomic E-state index is 15.4. The van der Waals surface area contributed by atoms with Crippen molar-refractivity contribution in [2.24, 2.45) is 0 Å². The van der Waals surface area contributed by atoms with Crippen LogP contribution in [0.15, 0.2) is 164 Å². The topological polar surface area (TPSA) is 81.0 Å². The van der Waals surface area contributed by atoms with Crippen LogP contribution >= 0.6 is 0 Å². The van der Waals surface area contributed by atoms with E-state index in [0.717, 1.165) is 60.8 Å². The van der Waals surface area contributed by atoms with Crippen molar-refractivity contribution in [3.8, 4) is 50.5 Å². The predicted octanol–water partition coefficient (Wildman–Crippen LogP) is 11.1. The van der Waals surface area contributed by atoms with E-state index in [1.807, 2.05) is 135 Å². The number of aryl methyl sites for hydroxylation is 2. The summed E-state index contributed by atoms with van der Waals surface area (Å²) in [7, 11) is 0. The fraction of sp³-hybridized carbons (Fsp3) is 0.0408. The molecule has 0 saturated carbocycles. The maximum Gasteiger partial charge on any atom is 0.268 e. The Labute approximate surface area is 323 Å². The Morgan fingerprint density at radius 1 is 0.446 bits per heavy atom. The van der Waals surface area contributed by atoms with Crippen LogP contribution in [0.5, 0.6) is 0 Å². The summed E-state index contributed by atoms with van der Waals surface area (Å²) in [4.78, 5) is 45.8. The molecule has 0 unspecified atom stereocenters. The van der Waals surface area contributed by atoms with E-state index in [1.54, 1.807) is 6.07 Å². The number of carbonyl (C=O) groups is 2. The second-order valence-electron chi connectivity index (χ2n) is 14.0. The molecule has 7 aromatic carbocycles. The van der Waals surface area contributed by atoms with Gasteiger partial charge in [0.2, 0.25) is 0 Å². The number of imide groups is 1. The van der Waals surface area contributed by atoms with Gasteiger partial charge in [-0.15, -0.1) is 0 Å². The van der Waals surface area contributed by atoms with Gasteiger partial charge in [0.1, 0.15) is 11.6 Å². The maximum atomic E-state index is 15.4. The smallest absolute Gasteiger partial charge is 0.268 e. The van der Waals surface area contributed by atoms with Gasteiger partial charge < -0.3 is 4.57 Å². The number of nitrogens with zero attached hydrogens (tertiary/aromatic N) is 5. The summed E-state index contributed by atoms with van der Waals surface area (Å²) in [6.07, 6.45) is 0. The number of para-hydroxylation sites is 2. The average molecular weight is 724 g/mol. The second-order valence-corrected chi connectivity index (χ2v) is 14.0. The molecule has 0 radical (unpaired) electrons. The largest absolute Gasteiger partial charge is 0.308 e. The highest BCUT2D eigenvalue weighted by Crippen LogP contribution is 2.47. The minimum Gasteiger partial charge on any atom is -0.308 e. The fourth-order valence-electron chi connectivity index (χ4n) is 8.19. The Morgan fingerprint density at radius 2 is 0.982 bits per heavy atom. The highest BCUT2D eigenvalue weighted by molar-refractivity contribution is 6.37. The molecule has 2 amide bonds. The SMILES string of the molecule is Cc1nc(C)nc(-c2cccc3c4ccccc4n(-c4cccc5c4C(=O)N(c4c(-c6ccccc6)cc(-c6ccccc6)cc4-c4ccccc4)C5=O)c23)n1. The Hall–Kier alpha value is -7.51. The number of anilines is 1. The summed E-state index contributed by atoms with van der Waals surface area (Å²) in [5, 5.41) is 1.99. The lowest BCUT2D eigenvalue weighted by atomic mass is 9.90. The third-order valence-corrected chi connectivity index (χ3v) is 10.5. The van der Waals surface area contributed by atoms with E-state index >= 15 is 9.59 Å². The molecule has 0 N–H and O–H groups in total. The van der Waals surface area contributed by atoms with E-state index in [9.17, 15) is 0 Å². The molecule has 7 heteroatoms. The first-order valence-corrected chi connectivity index (χ1v) is 18.5. The lowest BCUT2D eigenvalue weighted by Crippen LogP contribution is -2.30. The molecular weight excluding hydrogens is 691 g/mol. The van der Waals surface area contributed by atoms with Gasteiger partial charge in [-0.2, -0.15) is 0 Å². The summed E-state index contributed by atoms with van der Waals surface area (Å²) in [5.74, 6) is 1.01. The first kappa shape index (κ1) is 33.1. The van der Waals surface area contributed by atoms with Gasteiger partial charge in [0.25, 0.3) is 11.8 Å². The van der Waals surface area contributed by atoms with Crippen molar-refractivity contribution in [1.29, 1.82) is 0 Å². The zero-order chi connectivity index (χ0) is 37.9. The number of amides is 2. The van der Waals surface area contributed by atoms with Crippen molar-refractivity contribution in [2.45, 2.75) is 13.8 Å². The lowest BCUT2D eigenvalue weighted by molar-refractivity contribution is 0.0926. The quantitative estimate of drug-likeness (QED) is 0.160. The van der Waals surface area contributed by atoms with Gasteiger partial charge in [-0.3, -0.25) is 9.59 Å². The van der Waals surface area contributed by atoms with Gasteiger partial charge in [0.15, 0.2) is 5.82 Å². The summed E-state index contributed by atoms with van der Waals surface area (Å²) in [5.41, 5.74) is 9.71. The fourth-order valence-corrected chi connectivity index (χ4v) is 8.19. The molecule has 1 aliphatic rings. The summed E-state index contributed by atoms with van der Waals surface area (Å²) in [6.45, 7) is 3.72. The van der Waals surface area contributed by atoms with Crippen LogP contribution in [0.25, 0.3) is 72.3 Å². The number of hydrogen-bond donors (Lipinski definition) is 0. The minimum absolute atomic E-state index is 0.336. The molecule has 0 bridgehead atoms. The van der Waals surface area contributed by atoms with Crippen molar-refractivity contribution >= 4 is 39.3 Å². The highest BCUT2D eigenvalue weighted by atomic mass is 16.2. The van der Waals surface area contributed by atoms with Crippen molar-refractivity contribution < 1.29 is 9.59 Å². The zero-order valence-corrected chi connectivity index (χ0v) is 30.6. The van der Waals surface area contributed by atoms with Crippen LogP contribution < -0.4 is 4.90 Å². The van der Waals surface area contributed by atoms with Crippen molar-refractivity contribution in [3.05, 3.63) is 187 Å². The second kappa shape index (κ2) is 13.1. The Kier molecular flexibility index (Phi) is 7.74. The van der Waals surface area contributed by atoms with Gasteiger partial charge >= 0.3 is 0 Å². The lowest BCUT2D eigenvalue weighted by Gasteiger charge is -2.24. The monoisotopic (exact) mass is 723 g/mol. The van der Waals surface area contributed by atoms with Gasteiger partial charge in [-0.05, 0) is 72.5 Å². The van der Waals surface area contributed by atoms with Crippen LogP contribution in [0.4, 0.5) is 5.69 Å². The molecule has 3 heterocycles. The van der Waals surface area contributed by atoms with Gasteiger partial charge in [0, 0.05) is 27.5 Å². The van der Waals surface area contributed by atoms with E-state index in [2.05, 4.69) is 45.9 Å². The molecule has 0 spiro atoms. The first-order valence-electron chi connectivity index (χ1n) is 18.5. The number of rotatable bonds is 6. The standard InChI is InChI=1S/C49H33N5O2/c1-30-50-31(2)52-47(51-30)39-25-14-23-37-36-22-12-13-26-42(36)53(45(37)39)43-27-15-24-38-44(43)49(56)54(48(38)55)46-40(33-18-8-4-9-19-33)28-35(32-16-6-3-7-17-32)29-41(46)34-20-10-5-11-21-34/h3-29H,1-2H3. The van der Waals surface area contributed by atoms with Crippen LogP contribution in [-0.2, 0) is 0 Å². The average Bonchev–Trinajstić information content (AvgIpc) is 3.71. The third kappa shape index (κ3) is 5.24. The molecule has 7 nitrogen and oxygen atoms in total. The number of hydrogen-bond acceptors (Lipinski definition) is 5. The Morgan fingerprint density at radius 3 is 1.62 bits per heavy atom. The van der Waals surface area contributed by atoms with Crippen LogP contribution in [0.3, 0.4) is 0 Å². The van der Waals surface area contributed by atoms with E-state index in [4.69, 9.17) is 9.97 Å². The first-order chi connectivity index (χ1) is 27.5. The summed E-state index contributed by atoms with van der Waals surface area (Å²) < 4.78 is 2.09.